The second-order valence-corrected chi connectivity index (χ2v) is 8.04. The molecule has 1 aliphatic rings. The molecule has 156 valence electrons. The van der Waals surface area contributed by atoms with E-state index < -0.39 is 18.2 Å². The third-order valence-electron chi connectivity index (χ3n) is 5.27. The molecular formula is C21H35ClO5. The molecule has 0 aromatic heterocycles. The lowest BCUT2D eigenvalue weighted by molar-refractivity contribution is -0.137. The number of aliphatic hydroxyl groups excluding tert-OH is 2. The molecule has 0 spiro atoms. The van der Waals surface area contributed by atoms with Gasteiger partial charge in [0.1, 0.15) is 0 Å². The van der Waals surface area contributed by atoms with Gasteiger partial charge in [0.05, 0.1) is 18.3 Å². The van der Waals surface area contributed by atoms with Crippen molar-refractivity contribution in [3.05, 3.63) is 24.3 Å². The number of halogens is 1. The number of rotatable bonds is 13. The second kappa shape index (κ2) is 13.3. The van der Waals surface area contributed by atoms with E-state index in [1.165, 1.54) is 0 Å². The van der Waals surface area contributed by atoms with Crippen LogP contribution in [0.25, 0.3) is 0 Å². The number of alkyl halides is 1. The topological polar surface area (TPSA) is 87.0 Å². The van der Waals surface area contributed by atoms with Crippen LogP contribution < -0.4 is 0 Å². The fourth-order valence-electron chi connectivity index (χ4n) is 3.49. The third-order valence-corrected chi connectivity index (χ3v) is 5.78. The van der Waals surface area contributed by atoms with E-state index in [2.05, 4.69) is 0 Å². The predicted molar refractivity (Wildman–Crippen MR) is 108 cm³/mol. The number of allylic oxidation sites excluding steroid dienone is 2. The molecule has 27 heavy (non-hydrogen) atoms. The summed E-state index contributed by atoms with van der Waals surface area (Å²) in [5, 5.41) is 29.0. The summed E-state index contributed by atoms with van der Waals surface area (Å²) in [6.45, 7) is 2.01. The Bertz CT molecular complexity index is 479. The van der Waals surface area contributed by atoms with Crippen molar-refractivity contribution in [2.24, 2.45) is 11.8 Å². The number of hydrogen-bond donors (Lipinski definition) is 3. The van der Waals surface area contributed by atoms with E-state index in [9.17, 15) is 15.0 Å². The molecule has 6 heteroatoms. The largest absolute Gasteiger partial charge is 0.481 e. The lowest BCUT2D eigenvalue weighted by Crippen LogP contribution is -2.19. The van der Waals surface area contributed by atoms with Crippen LogP contribution in [0.3, 0.4) is 0 Å². The van der Waals surface area contributed by atoms with Crippen molar-refractivity contribution in [2.75, 3.05) is 7.11 Å². The maximum Gasteiger partial charge on any atom is 0.303 e. The normalized spacial score (nSPS) is 28.2. The molecule has 0 bridgehead atoms. The maximum absolute atomic E-state index is 10.5. The van der Waals surface area contributed by atoms with E-state index in [0.29, 0.717) is 19.3 Å². The van der Waals surface area contributed by atoms with Gasteiger partial charge in [-0.05, 0) is 57.8 Å². The van der Waals surface area contributed by atoms with Gasteiger partial charge in [0.2, 0.25) is 0 Å². The average molecular weight is 403 g/mol. The van der Waals surface area contributed by atoms with Crippen molar-refractivity contribution in [1.29, 1.82) is 0 Å². The molecule has 1 rings (SSSR count). The summed E-state index contributed by atoms with van der Waals surface area (Å²) < 4.78 is 5.20. The minimum absolute atomic E-state index is 0.0660. The third kappa shape index (κ3) is 9.74. The van der Waals surface area contributed by atoms with E-state index in [0.717, 1.165) is 25.7 Å². The molecule has 1 saturated carbocycles. The van der Waals surface area contributed by atoms with Gasteiger partial charge >= 0.3 is 5.97 Å². The van der Waals surface area contributed by atoms with Crippen LogP contribution in [0, 0.1) is 11.8 Å². The smallest absolute Gasteiger partial charge is 0.303 e. The van der Waals surface area contributed by atoms with E-state index in [1.807, 2.05) is 25.2 Å². The first-order valence-electron chi connectivity index (χ1n) is 9.93. The zero-order chi connectivity index (χ0) is 20.2. The van der Waals surface area contributed by atoms with Crippen molar-refractivity contribution in [1.82, 2.24) is 0 Å². The summed E-state index contributed by atoms with van der Waals surface area (Å²) in [5.41, 5.74) is 0. The summed E-state index contributed by atoms with van der Waals surface area (Å²) in [4.78, 5) is 10.5. The molecule has 0 saturated heterocycles. The number of carbonyl (C=O) groups is 1. The van der Waals surface area contributed by atoms with Crippen molar-refractivity contribution < 1.29 is 24.9 Å². The zero-order valence-electron chi connectivity index (χ0n) is 16.5. The van der Waals surface area contributed by atoms with Gasteiger partial charge in [0.15, 0.2) is 0 Å². The standard InChI is InChI=1S/C21H35ClO5/c1-15(27-2)8-7-9-16(23)12-13-18-17(19(22)14-20(18)24)10-5-3-4-6-11-21(25)26/h3,5,12-13,15-20,23-24H,4,6-11,14H2,1-2H3,(H,25,26)/b5-3-,13-12+/t15-,16+,17-,18-,19-,20-/m1/s1. The first kappa shape index (κ1) is 24.2. The first-order chi connectivity index (χ1) is 12.8. The summed E-state index contributed by atoms with van der Waals surface area (Å²) in [6, 6.07) is 0. The highest BCUT2D eigenvalue weighted by Crippen LogP contribution is 2.39. The van der Waals surface area contributed by atoms with E-state index in [4.69, 9.17) is 21.4 Å². The lowest BCUT2D eigenvalue weighted by atomic mass is 9.90. The quantitative estimate of drug-likeness (QED) is 0.247. The van der Waals surface area contributed by atoms with Crippen molar-refractivity contribution in [2.45, 2.75) is 82.0 Å². The Kier molecular flexibility index (Phi) is 11.9. The molecule has 1 aliphatic carbocycles. The number of carboxylic acids is 1. The molecule has 3 N–H and O–H groups in total. The molecule has 0 radical (unpaired) electrons. The minimum Gasteiger partial charge on any atom is -0.481 e. The molecule has 0 aromatic carbocycles. The molecule has 0 amide bonds. The average Bonchev–Trinajstić information content (AvgIpc) is 2.88. The van der Waals surface area contributed by atoms with Crippen molar-refractivity contribution in [3.63, 3.8) is 0 Å². The molecule has 0 unspecified atom stereocenters. The first-order valence-corrected chi connectivity index (χ1v) is 10.4. The van der Waals surface area contributed by atoms with Gasteiger partial charge in [-0.3, -0.25) is 4.79 Å². The summed E-state index contributed by atoms with van der Waals surface area (Å²) in [6.07, 6.45) is 12.2. The van der Waals surface area contributed by atoms with Crippen LogP contribution in [0.1, 0.15) is 58.3 Å². The Morgan fingerprint density at radius 2 is 2.04 bits per heavy atom. The fraction of sp³-hybridized carbons (Fsp3) is 0.762. The Morgan fingerprint density at radius 3 is 2.70 bits per heavy atom. The van der Waals surface area contributed by atoms with Crippen LogP contribution in [0.15, 0.2) is 24.3 Å². The Balaban J connectivity index is 2.45. The van der Waals surface area contributed by atoms with Crippen LogP contribution >= 0.6 is 11.6 Å². The number of unbranched alkanes of at least 4 members (excludes halogenated alkanes) is 1. The zero-order valence-corrected chi connectivity index (χ0v) is 17.2. The number of aliphatic carboxylic acids is 1. The van der Waals surface area contributed by atoms with Crippen molar-refractivity contribution >= 4 is 17.6 Å². The predicted octanol–water partition coefficient (Wildman–Crippen LogP) is 3.91. The minimum atomic E-state index is -0.774. The summed E-state index contributed by atoms with van der Waals surface area (Å²) >= 11 is 6.42. The number of ether oxygens (including phenoxy) is 1. The van der Waals surface area contributed by atoms with Gasteiger partial charge in [-0.2, -0.15) is 0 Å². The molecule has 0 aromatic rings. The molecule has 1 fully saturated rings. The van der Waals surface area contributed by atoms with Gasteiger partial charge in [-0.1, -0.05) is 24.3 Å². The summed E-state index contributed by atoms with van der Waals surface area (Å²) in [5.74, 6) is -0.721. The van der Waals surface area contributed by atoms with Crippen LogP contribution in [-0.2, 0) is 9.53 Å². The molecule has 0 aliphatic heterocycles. The van der Waals surface area contributed by atoms with Gasteiger partial charge < -0.3 is 20.1 Å². The molecular weight excluding hydrogens is 368 g/mol. The van der Waals surface area contributed by atoms with Crippen molar-refractivity contribution in [3.8, 4) is 0 Å². The molecule has 5 nitrogen and oxygen atoms in total. The lowest BCUT2D eigenvalue weighted by Gasteiger charge is -2.19. The Morgan fingerprint density at radius 1 is 1.30 bits per heavy atom. The van der Waals surface area contributed by atoms with Crippen LogP contribution in [0.5, 0.6) is 0 Å². The van der Waals surface area contributed by atoms with Crippen LogP contribution in [0.2, 0.25) is 0 Å². The maximum atomic E-state index is 10.5. The van der Waals surface area contributed by atoms with E-state index >= 15 is 0 Å². The highest BCUT2D eigenvalue weighted by molar-refractivity contribution is 6.21. The van der Waals surface area contributed by atoms with Gasteiger partial charge in [0.25, 0.3) is 0 Å². The monoisotopic (exact) mass is 402 g/mol. The van der Waals surface area contributed by atoms with Crippen LogP contribution in [-0.4, -0.2) is 52.1 Å². The number of hydrogen-bond acceptors (Lipinski definition) is 4. The number of aliphatic hydroxyl groups is 2. The van der Waals surface area contributed by atoms with Gasteiger partial charge in [-0.15, -0.1) is 11.6 Å². The highest BCUT2D eigenvalue weighted by Gasteiger charge is 2.39. The fourth-order valence-corrected chi connectivity index (χ4v) is 3.95. The van der Waals surface area contributed by atoms with E-state index in [-0.39, 0.29) is 29.7 Å². The second-order valence-electron chi connectivity index (χ2n) is 7.48. The summed E-state index contributed by atoms with van der Waals surface area (Å²) in [7, 11) is 1.69. The van der Waals surface area contributed by atoms with E-state index in [1.54, 1.807) is 13.2 Å². The SMILES string of the molecule is CO[C@H](C)CCC[C@H](O)/C=C/[C@@H]1[C@@H](C/C=C\CCCC(=O)O)[C@H](Cl)C[C@H]1O. The van der Waals surface area contributed by atoms with Crippen LogP contribution in [0.4, 0.5) is 0 Å². The molecule has 6 atom stereocenters. The van der Waals surface area contributed by atoms with Gasteiger partial charge in [0, 0.05) is 24.8 Å². The highest BCUT2D eigenvalue weighted by atomic mass is 35.5. The Labute approximate surface area is 168 Å². The number of carboxylic acid groups (broad SMARTS) is 1. The Hall–Kier alpha value is -0.880. The van der Waals surface area contributed by atoms with Gasteiger partial charge in [-0.25, -0.2) is 0 Å². The number of methoxy groups -OCH3 is 1. The molecule has 0 heterocycles.